The molecule has 2 aromatic heterocycles. The van der Waals surface area contributed by atoms with Gasteiger partial charge in [0, 0.05) is 17.9 Å². The maximum Gasteiger partial charge on any atom is 0.291 e. The zero-order valence-corrected chi connectivity index (χ0v) is 16.3. The molecule has 0 aliphatic heterocycles. The summed E-state index contributed by atoms with van der Waals surface area (Å²) in [5, 5.41) is 7.09. The Morgan fingerprint density at radius 3 is 2.52 bits per heavy atom. The van der Waals surface area contributed by atoms with Gasteiger partial charge in [-0.15, -0.1) is 5.10 Å². The summed E-state index contributed by atoms with van der Waals surface area (Å²) in [6.45, 7) is 4.68. The quantitative estimate of drug-likeness (QED) is 0.549. The molecule has 146 valence electrons. The van der Waals surface area contributed by atoms with E-state index in [0.717, 1.165) is 28.3 Å². The molecule has 4 rings (SSSR count). The van der Waals surface area contributed by atoms with Crippen LogP contribution in [0.1, 0.15) is 33.1 Å². The summed E-state index contributed by atoms with van der Waals surface area (Å²) < 4.78 is 7.35. The van der Waals surface area contributed by atoms with Crippen molar-refractivity contribution in [2.75, 3.05) is 0 Å². The van der Waals surface area contributed by atoms with Gasteiger partial charge in [0.1, 0.15) is 12.4 Å². The van der Waals surface area contributed by atoms with Crippen LogP contribution in [0.15, 0.2) is 60.7 Å². The van der Waals surface area contributed by atoms with Crippen molar-refractivity contribution in [3.63, 3.8) is 0 Å². The van der Waals surface area contributed by atoms with Crippen LogP contribution in [0.3, 0.4) is 0 Å². The lowest BCUT2D eigenvalue weighted by Crippen LogP contribution is -2.24. The molecule has 0 saturated carbocycles. The Morgan fingerprint density at radius 2 is 1.76 bits per heavy atom. The van der Waals surface area contributed by atoms with Gasteiger partial charge in [-0.05, 0) is 43.2 Å². The smallest absolute Gasteiger partial charge is 0.291 e. The maximum absolute atomic E-state index is 12.4. The van der Waals surface area contributed by atoms with Crippen LogP contribution in [-0.4, -0.2) is 25.5 Å². The number of carbonyl (C=O) groups is 1. The van der Waals surface area contributed by atoms with Gasteiger partial charge in [0.15, 0.2) is 0 Å². The number of hydrogen-bond donors (Lipinski definition) is 1. The average Bonchev–Trinajstić information content (AvgIpc) is 3.16. The molecule has 0 bridgehead atoms. The summed E-state index contributed by atoms with van der Waals surface area (Å²) in [6, 6.07) is 19.5. The first-order chi connectivity index (χ1) is 14.1. The Morgan fingerprint density at radius 1 is 1.00 bits per heavy atom. The molecule has 0 radical (unpaired) electrons. The van der Waals surface area contributed by atoms with Gasteiger partial charge in [0.05, 0.1) is 0 Å². The average molecular weight is 387 g/mol. The van der Waals surface area contributed by atoms with Crippen LogP contribution in [0.2, 0.25) is 0 Å². The van der Waals surface area contributed by atoms with Crippen LogP contribution in [0.25, 0.3) is 5.78 Å². The fourth-order valence-corrected chi connectivity index (χ4v) is 2.97. The first-order valence-electron chi connectivity index (χ1n) is 9.33. The Labute approximate surface area is 168 Å². The van der Waals surface area contributed by atoms with Crippen molar-refractivity contribution in [3.8, 4) is 5.75 Å². The number of aryl methyl sites for hydroxylation is 2. The van der Waals surface area contributed by atoms with Gasteiger partial charge in [0.25, 0.3) is 11.7 Å². The van der Waals surface area contributed by atoms with Crippen LogP contribution in [-0.2, 0) is 13.2 Å². The monoisotopic (exact) mass is 387 g/mol. The largest absolute Gasteiger partial charge is 0.489 e. The molecular formula is C22H21N5O2. The fourth-order valence-electron chi connectivity index (χ4n) is 2.97. The van der Waals surface area contributed by atoms with E-state index in [0.29, 0.717) is 18.9 Å². The van der Waals surface area contributed by atoms with Gasteiger partial charge in [0.2, 0.25) is 5.82 Å². The molecule has 2 aromatic carbocycles. The first-order valence-corrected chi connectivity index (χ1v) is 9.33. The van der Waals surface area contributed by atoms with Crippen molar-refractivity contribution in [1.29, 1.82) is 0 Å². The van der Waals surface area contributed by atoms with E-state index in [1.54, 1.807) is 4.52 Å². The number of carbonyl (C=O) groups excluding carboxylic acids is 1. The second-order valence-corrected chi connectivity index (χ2v) is 6.79. The van der Waals surface area contributed by atoms with E-state index in [4.69, 9.17) is 4.74 Å². The molecule has 1 amide bonds. The van der Waals surface area contributed by atoms with Crippen molar-refractivity contribution in [1.82, 2.24) is 24.9 Å². The van der Waals surface area contributed by atoms with E-state index in [-0.39, 0.29) is 11.7 Å². The van der Waals surface area contributed by atoms with Crippen molar-refractivity contribution < 1.29 is 9.53 Å². The van der Waals surface area contributed by atoms with Crippen LogP contribution < -0.4 is 10.1 Å². The highest BCUT2D eigenvalue weighted by Gasteiger charge is 2.14. The highest BCUT2D eigenvalue weighted by molar-refractivity contribution is 5.90. The van der Waals surface area contributed by atoms with E-state index in [2.05, 4.69) is 20.4 Å². The van der Waals surface area contributed by atoms with Crippen molar-refractivity contribution in [2.24, 2.45) is 0 Å². The lowest BCUT2D eigenvalue weighted by molar-refractivity contribution is 0.0940. The molecule has 7 nitrogen and oxygen atoms in total. The van der Waals surface area contributed by atoms with Gasteiger partial charge < -0.3 is 10.1 Å². The van der Waals surface area contributed by atoms with E-state index < -0.39 is 0 Å². The molecule has 0 fully saturated rings. The molecule has 0 aliphatic rings. The number of aromatic nitrogens is 4. The fraction of sp³-hybridized carbons (Fsp3) is 0.182. The summed E-state index contributed by atoms with van der Waals surface area (Å²) in [7, 11) is 0. The molecular weight excluding hydrogens is 366 g/mol. The van der Waals surface area contributed by atoms with E-state index >= 15 is 0 Å². The van der Waals surface area contributed by atoms with Crippen molar-refractivity contribution >= 4 is 11.7 Å². The molecule has 0 saturated heterocycles. The number of amides is 1. The number of benzene rings is 2. The van der Waals surface area contributed by atoms with Gasteiger partial charge in [-0.25, -0.2) is 9.50 Å². The summed E-state index contributed by atoms with van der Waals surface area (Å²) in [5.41, 5.74) is 3.79. The Balaban J connectivity index is 1.35. The summed E-state index contributed by atoms with van der Waals surface area (Å²) in [4.78, 5) is 20.9. The minimum atomic E-state index is -0.336. The second-order valence-electron chi connectivity index (χ2n) is 6.79. The highest BCUT2D eigenvalue weighted by atomic mass is 16.5. The normalized spacial score (nSPS) is 10.8. The zero-order chi connectivity index (χ0) is 20.2. The SMILES string of the molecule is Cc1cc(C)n2nc(C(=O)NCc3ccc(OCc4ccccc4)cc3)nc2n1. The van der Waals surface area contributed by atoms with E-state index in [1.165, 1.54) is 0 Å². The molecule has 7 heteroatoms. The summed E-state index contributed by atoms with van der Waals surface area (Å²) in [5.74, 6) is 0.974. The maximum atomic E-state index is 12.4. The third kappa shape index (κ3) is 4.40. The first kappa shape index (κ1) is 18.6. The molecule has 0 atom stereocenters. The number of nitrogens with zero attached hydrogens (tertiary/aromatic N) is 4. The second kappa shape index (κ2) is 8.10. The van der Waals surface area contributed by atoms with Gasteiger partial charge in [-0.2, -0.15) is 4.98 Å². The number of hydrogen-bond acceptors (Lipinski definition) is 5. The van der Waals surface area contributed by atoms with Gasteiger partial charge in [-0.3, -0.25) is 4.79 Å². The Hall–Kier alpha value is -3.74. The van der Waals surface area contributed by atoms with Gasteiger partial charge >= 0.3 is 0 Å². The Bertz CT molecular complexity index is 1140. The van der Waals surface area contributed by atoms with Gasteiger partial charge in [-0.1, -0.05) is 42.5 Å². The minimum absolute atomic E-state index is 0.106. The number of rotatable bonds is 6. The molecule has 2 heterocycles. The third-order valence-corrected chi connectivity index (χ3v) is 4.45. The summed E-state index contributed by atoms with van der Waals surface area (Å²) in [6.07, 6.45) is 0. The van der Waals surface area contributed by atoms with Crippen LogP contribution in [0.4, 0.5) is 0 Å². The molecule has 0 aliphatic carbocycles. The Kier molecular flexibility index (Phi) is 5.20. The summed E-state index contributed by atoms with van der Waals surface area (Å²) >= 11 is 0. The number of fused-ring (bicyclic) bond motifs is 1. The topological polar surface area (TPSA) is 81.4 Å². The number of ether oxygens (including phenoxy) is 1. The zero-order valence-electron chi connectivity index (χ0n) is 16.3. The molecule has 29 heavy (non-hydrogen) atoms. The molecule has 1 N–H and O–H groups in total. The molecule has 0 unspecified atom stereocenters. The number of nitrogens with one attached hydrogen (secondary N) is 1. The van der Waals surface area contributed by atoms with Crippen LogP contribution in [0, 0.1) is 13.8 Å². The van der Waals surface area contributed by atoms with Crippen molar-refractivity contribution in [3.05, 3.63) is 89.0 Å². The lowest BCUT2D eigenvalue weighted by atomic mass is 10.2. The molecule has 4 aromatic rings. The predicted octanol–water partition coefficient (Wildman–Crippen LogP) is 3.25. The lowest BCUT2D eigenvalue weighted by Gasteiger charge is -2.08. The van der Waals surface area contributed by atoms with Crippen molar-refractivity contribution in [2.45, 2.75) is 27.0 Å². The van der Waals surface area contributed by atoms with E-state index in [9.17, 15) is 4.79 Å². The van der Waals surface area contributed by atoms with Crippen LogP contribution >= 0.6 is 0 Å². The standard InChI is InChI=1S/C22H21N5O2/c1-15-12-16(2)27-22(24-15)25-20(26-27)21(28)23-13-17-8-10-19(11-9-17)29-14-18-6-4-3-5-7-18/h3-12H,13-14H2,1-2H3,(H,23,28). The van der Waals surface area contributed by atoms with Crippen LogP contribution in [0.5, 0.6) is 5.75 Å². The third-order valence-electron chi connectivity index (χ3n) is 4.45. The molecule has 0 spiro atoms. The predicted molar refractivity (Wildman–Crippen MR) is 109 cm³/mol. The van der Waals surface area contributed by atoms with E-state index in [1.807, 2.05) is 74.5 Å². The highest BCUT2D eigenvalue weighted by Crippen LogP contribution is 2.14. The minimum Gasteiger partial charge on any atom is -0.489 e.